The molecule has 3 heterocycles. The highest BCUT2D eigenvalue weighted by Crippen LogP contribution is 2.48. The maximum absolute atomic E-state index is 14.9. The number of carboxylic acid groups (broad SMARTS) is 1. The van der Waals surface area contributed by atoms with Crippen molar-refractivity contribution in [3.05, 3.63) is 42.6 Å². The summed E-state index contributed by atoms with van der Waals surface area (Å²) in [5.74, 6) is -3.16. The second-order valence-corrected chi connectivity index (χ2v) is 18.3. The highest BCUT2D eigenvalue weighted by molar-refractivity contribution is 7.91. The van der Waals surface area contributed by atoms with Crippen molar-refractivity contribution in [2.45, 2.75) is 126 Å². The first-order chi connectivity index (χ1) is 26.6. The molecule has 19 heteroatoms. The summed E-state index contributed by atoms with van der Waals surface area (Å²) in [6, 6.07) is 3.34. The third kappa shape index (κ3) is 7.83. The van der Waals surface area contributed by atoms with Gasteiger partial charge < -0.3 is 29.5 Å². The molecule has 2 saturated carbocycles. The van der Waals surface area contributed by atoms with Gasteiger partial charge in [-0.1, -0.05) is 30.4 Å². The largest absolute Gasteiger partial charge is 0.494 e. The van der Waals surface area contributed by atoms with Crippen LogP contribution in [0, 0.1) is 5.92 Å². The number of allylic oxidation sites excluding steroid dienone is 1. The number of halogens is 3. The van der Waals surface area contributed by atoms with Crippen LogP contribution in [0.1, 0.15) is 73.1 Å². The smallest absolute Gasteiger partial charge is 0.411 e. The number of carbonyl (C=O) groups is 4. The van der Waals surface area contributed by atoms with Gasteiger partial charge in [0.25, 0.3) is 5.91 Å². The van der Waals surface area contributed by atoms with Gasteiger partial charge in [-0.15, -0.1) is 0 Å². The normalized spacial score (nSPS) is 29.8. The van der Waals surface area contributed by atoms with E-state index >= 15 is 0 Å². The Hall–Kier alpha value is -4.65. The lowest BCUT2D eigenvalue weighted by molar-refractivity contribution is -0.225. The van der Waals surface area contributed by atoms with E-state index in [-0.39, 0.29) is 30.0 Å². The van der Waals surface area contributed by atoms with Crippen LogP contribution in [0.15, 0.2) is 42.6 Å². The van der Waals surface area contributed by atoms with Crippen LogP contribution in [-0.4, -0.2) is 118 Å². The Bertz CT molecular complexity index is 2080. The molecule has 15 nitrogen and oxygen atoms in total. The first kappa shape index (κ1) is 42.0. The zero-order valence-corrected chi connectivity index (χ0v) is 33.3. The highest BCUT2D eigenvalue weighted by atomic mass is 32.2. The van der Waals surface area contributed by atoms with E-state index in [1.165, 1.54) is 27.2 Å². The van der Waals surface area contributed by atoms with Crippen LogP contribution in [0.25, 0.3) is 10.8 Å². The molecule has 312 valence electrons. The molecule has 6 rings (SSSR count). The van der Waals surface area contributed by atoms with Gasteiger partial charge in [-0.25, -0.2) is 18.2 Å². The lowest BCUT2D eigenvalue weighted by Crippen LogP contribution is -2.67. The van der Waals surface area contributed by atoms with Gasteiger partial charge in [0.1, 0.15) is 35.0 Å². The summed E-state index contributed by atoms with van der Waals surface area (Å²) in [5.41, 5.74) is -4.86. The van der Waals surface area contributed by atoms with Gasteiger partial charge in [-0.2, -0.15) is 13.2 Å². The van der Waals surface area contributed by atoms with Crippen molar-refractivity contribution in [3.8, 4) is 11.6 Å². The summed E-state index contributed by atoms with van der Waals surface area (Å²) in [6.45, 7) is 5.30. The van der Waals surface area contributed by atoms with Crippen LogP contribution in [0.4, 0.5) is 18.0 Å². The Labute approximate surface area is 328 Å². The number of alkyl halides is 3. The van der Waals surface area contributed by atoms with Crippen molar-refractivity contribution >= 4 is 44.6 Å². The first-order valence-corrected chi connectivity index (χ1v) is 20.2. The van der Waals surface area contributed by atoms with E-state index in [9.17, 15) is 45.9 Å². The fraction of sp³-hybridized carbons (Fsp3) is 0.605. The SMILES string of the molecule is COc1cnc(O[C@@H]2C[C@H]3C(=O)N[C@]4(C(=O)NS(=O)(=O)C5(C)CC5)C[C@H]4/C=C\CC[C@@H](C)O[C@@H](C)[C@H](N(C(=O)O)C(C)(C)C(F)(F)F)C(=O)N3C2)c2ccccc12. The van der Waals surface area contributed by atoms with Gasteiger partial charge in [0.15, 0.2) is 0 Å². The molecule has 4 amide bonds. The van der Waals surface area contributed by atoms with Gasteiger partial charge >= 0.3 is 12.3 Å². The number of hydrogen-bond acceptors (Lipinski definition) is 10. The van der Waals surface area contributed by atoms with E-state index in [1.54, 1.807) is 43.3 Å². The minimum Gasteiger partial charge on any atom is -0.494 e. The minimum atomic E-state index is -5.15. The number of nitrogens with zero attached hydrogens (tertiary/aromatic N) is 3. The Morgan fingerprint density at radius 3 is 2.42 bits per heavy atom. The lowest BCUT2D eigenvalue weighted by Gasteiger charge is -2.45. The molecule has 2 aliphatic heterocycles. The third-order valence-corrected chi connectivity index (χ3v) is 13.9. The predicted molar refractivity (Wildman–Crippen MR) is 199 cm³/mol. The third-order valence-electron chi connectivity index (χ3n) is 11.7. The number of ether oxygens (including phenoxy) is 3. The number of aromatic nitrogens is 1. The number of rotatable bonds is 8. The monoisotopic (exact) mass is 823 g/mol. The lowest BCUT2D eigenvalue weighted by atomic mass is 9.96. The Balaban J connectivity index is 1.43. The highest BCUT2D eigenvalue weighted by Gasteiger charge is 2.64. The van der Waals surface area contributed by atoms with E-state index in [2.05, 4.69) is 15.0 Å². The van der Waals surface area contributed by atoms with Gasteiger partial charge in [0.05, 0.1) is 36.8 Å². The predicted octanol–water partition coefficient (Wildman–Crippen LogP) is 4.30. The summed E-state index contributed by atoms with van der Waals surface area (Å²) in [4.78, 5) is 61.5. The fourth-order valence-electron chi connectivity index (χ4n) is 7.63. The van der Waals surface area contributed by atoms with Crippen molar-refractivity contribution in [2.75, 3.05) is 13.7 Å². The molecule has 2 aliphatic carbocycles. The number of pyridine rings is 1. The molecular weight excluding hydrogens is 776 g/mol. The maximum atomic E-state index is 14.9. The molecule has 0 unspecified atom stereocenters. The standard InChI is InChI=1S/C38H48F3N5O10S/c1-21-11-7-8-12-23-18-37(23,33(49)44-57(52,53)36(5)15-16-36)43-30(47)27-17-24(56-31-26-14-10-9-13-25(26)28(54-6)19-42-31)20-45(27)32(48)29(22(2)55-21)46(34(50)51)35(3,4)38(39,40)41/h8-10,12-14,19,21-24,27,29H,7,11,15-18,20H2,1-6H3,(H,43,47)(H,44,49)(H,50,51)/b12-8-/t21-,22+,23-,24-,27+,29+,37-/m1/s1. The zero-order chi connectivity index (χ0) is 41.9. The van der Waals surface area contributed by atoms with Crippen LogP contribution in [0.5, 0.6) is 11.6 Å². The Morgan fingerprint density at radius 2 is 1.81 bits per heavy atom. The van der Waals surface area contributed by atoms with Crippen molar-refractivity contribution in [1.82, 2.24) is 24.8 Å². The molecule has 1 saturated heterocycles. The number of benzene rings is 1. The Kier molecular flexibility index (Phi) is 11.0. The molecule has 1 aromatic heterocycles. The summed E-state index contributed by atoms with van der Waals surface area (Å²) in [7, 11) is -2.67. The number of nitrogens with one attached hydrogen (secondary N) is 2. The summed E-state index contributed by atoms with van der Waals surface area (Å²) >= 11 is 0. The second kappa shape index (κ2) is 14.9. The van der Waals surface area contributed by atoms with Gasteiger partial charge in [0.2, 0.25) is 27.7 Å². The minimum absolute atomic E-state index is 0.0155. The molecule has 57 heavy (non-hydrogen) atoms. The first-order valence-electron chi connectivity index (χ1n) is 18.8. The molecular formula is C38H48F3N5O10S. The van der Waals surface area contributed by atoms with Gasteiger partial charge in [-0.3, -0.25) is 24.0 Å². The Morgan fingerprint density at radius 1 is 1.14 bits per heavy atom. The average Bonchev–Trinajstić information content (AvgIpc) is 4.01. The van der Waals surface area contributed by atoms with Crippen LogP contribution < -0.4 is 19.5 Å². The molecule has 3 N–H and O–H groups in total. The molecule has 7 atom stereocenters. The topological polar surface area (TPSA) is 194 Å². The van der Waals surface area contributed by atoms with Gasteiger partial charge in [-0.05, 0) is 72.8 Å². The van der Waals surface area contributed by atoms with E-state index in [0.717, 1.165) is 4.90 Å². The average molecular weight is 824 g/mol. The second-order valence-electron chi connectivity index (χ2n) is 16.1. The molecule has 0 bridgehead atoms. The molecule has 3 fully saturated rings. The van der Waals surface area contributed by atoms with Crippen LogP contribution >= 0.6 is 0 Å². The van der Waals surface area contributed by atoms with E-state index in [1.807, 2.05) is 0 Å². The van der Waals surface area contributed by atoms with E-state index in [4.69, 9.17) is 14.2 Å². The van der Waals surface area contributed by atoms with Crippen molar-refractivity contribution in [3.63, 3.8) is 0 Å². The number of fused-ring (bicyclic) bond motifs is 3. The quantitative estimate of drug-likeness (QED) is 0.322. The molecule has 2 aromatic rings. The number of methoxy groups -OCH3 is 1. The number of hydrogen-bond donors (Lipinski definition) is 3. The molecule has 0 spiro atoms. The fourth-order valence-corrected chi connectivity index (χ4v) is 8.94. The molecule has 0 radical (unpaired) electrons. The number of carbonyl (C=O) groups excluding carboxylic acids is 3. The maximum Gasteiger partial charge on any atom is 0.411 e. The van der Waals surface area contributed by atoms with Crippen LogP contribution in [-0.2, 0) is 29.1 Å². The summed E-state index contributed by atoms with van der Waals surface area (Å²) in [5, 5.41) is 14.2. The van der Waals surface area contributed by atoms with E-state index in [0.29, 0.717) is 49.6 Å². The van der Waals surface area contributed by atoms with Gasteiger partial charge in [0, 0.05) is 23.1 Å². The van der Waals surface area contributed by atoms with Crippen LogP contribution in [0.3, 0.4) is 0 Å². The number of amides is 4. The van der Waals surface area contributed by atoms with E-state index < -0.39 is 98.7 Å². The van der Waals surface area contributed by atoms with Crippen molar-refractivity contribution < 1.29 is 60.1 Å². The zero-order valence-electron chi connectivity index (χ0n) is 32.5. The summed E-state index contributed by atoms with van der Waals surface area (Å²) in [6.07, 6.45) is -4.46. The number of sulfonamides is 1. The van der Waals surface area contributed by atoms with Crippen molar-refractivity contribution in [2.24, 2.45) is 5.92 Å². The van der Waals surface area contributed by atoms with Crippen molar-refractivity contribution in [1.29, 1.82) is 0 Å². The molecule has 4 aliphatic rings. The molecule has 1 aromatic carbocycles. The van der Waals surface area contributed by atoms with Crippen LogP contribution in [0.2, 0.25) is 0 Å². The summed E-state index contributed by atoms with van der Waals surface area (Å²) < 4.78 is 89.0.